The lowest BCUT2D eigenvalue weighted by molar-refractivity contribution is -0.122. The van der Waals surface area contributed by atoms with Crippen LogP contribution >= 0.6 is 12.2 Å². The van der Waals surface area contributed by atoms with Crippen LogP contribution in [0.2, 0.25) is 0 Å². The molecule has 1 aliphatic heterocycles. The fraction of sp³-hybridized carbons (Fsp3) is 0.100. The van der Waals surface area contributed by atoms with Gasteiger partial charge in [0.15, 0.2) is 5.11 Å². The molecule has 2 amide bonds. The van der Waals surface area contributed by atoms with E-state index in [-0.39, 0.29) is 16.4 Å². The number of benzene rings is 3. The fourth-order valence-electron chi connectivity index (χ4n) is 4.43. The first-order valence-electron chi connectivity index (χ1n) is 12.0. The zero-order chi connectivity index (χ0) is 26.8. The number of hydrogen-bond acceptors (Lipinski definition) is 4. The Morgan fingerprint density at radius 1 is 0.947 bits per heavy atom. The van der Waals surface area contributed by atoms with Crippen LogP contribution < -0.4 is 15.0 Å². The van der Waals surface area contributed by atoms with Gasteiger partial charge < -0.3 is 9.30 Å². The molecule has 1 fully saturated rings. The SMILES string of the molecule is Cc1cc(/C=C2\C(=O)NC(=S)N(c3ccccc3F)C2=O)c(C)n1-c1ccc(OCc2ccccc2)cc1. The number of thiocarbonyl (C=S) groups is 1. The Kier molecular flexibility index (Phi) is 6.89. The van der Waals surface area contributed by atoms with Crippen LogP contribution in [-0.4, -0.2) is 21.5 Å². The number of amides is 2. The van der Waals surface area contributed by atoms with Gasteiger partial charge in [-0.2, -0.15) is 0 Å². The van der Waals surface area contributed by atoms with Gasteiger partial charge in [0.1, 0.15) is 23.7 Å². The van der Waals surface area contributed by atoms with Crippen LogP contribution in [0.5, 0.6) is 5.75 Å². The van der Waals surface area contributed by atoms with Crippen molar-refractivity contribution >= 4 is 40.9 Å². The molecular formula is C30H24FN3O3S. The van der Waals surface area contributed by atoms with Gasteiger partial charge >= 0.3 is 0 Å². The zero-order valence-corrected chi connectivity index (χ0v) is 21.6. The summed E-state index contributed by atoms with van der Waals surface area (Å²) in [4.78, 5) is 27.0. The number of nitrogens with zero attached hydrogens (tertiary/aromatic N) is 2. The average Bonchev–Trinajstić information content (AvgIpc) is 3.19. The number of ether oxygens (including phenoxy) is 1. The van der Waals surface area contributed by atoms with E-state index >= 15 is 0 Å². The Balaban J connectivity index is 1.41. The van der Waals surface area contributed by atoms with Crippen LogP contribution in [0.3, 0.4) is 0 Å². The smallest absolute Gasteiger partial charge is 0.270 e. The summed E-state index contributed by atoms with van der Waals surface area (Å²) >= 11 is 5.18. The predicted molar refractivity (Wildman–Crippen MR) is 149 cm³/mol. The lowest BCUT2D eigenvalue weighted by atomic mass is 10.1. The second kappa shape index (κ2) is 10.4. The molecule has 0 bridgehead atoms. The van der Waals surface area contributed by atoms with Gasteiger partial charge in [0.05, 0.1) is 5.69 Å². The molecule has 1 aliphatic rings. The predicted octanol–water partition coefficient (Wildman–Crippen LogP) is 5.64. The van der Waals surface area contributed by atoms with Gasteiger partial charge in [0, 0.05) is 17.1 Å². The summed E-state index contributed by atoms with van der Waals surface area (Å²) in [5.41, 5.74) is 4.27. The molecule has 2 heterocycles. The summed E-state index contributed by atoms with van der Waals surface area (Å²) in [5, 5.41) is 2.34. The molecule has 1 N–H and O–H groups in total. The van der Waals surface area contributed by atoms with Crippen molar-refractivity contribution in [3.05, 3.63) is 119 Å². The molecule has 0 unspecified atom stereocenters. The van der Waals surface area contributed by atoms with Crippen molar-refractivity contribution in [3.63, 3.8) is 0 Å². The number of aryl methyl sites for hydroxylation is 1. The summed E-state index contributed by atoms with van der Waals surface area (Å²) in [6, 6.07) is 25.3. The first-order valence-corrected chi connectivity index (χ1v) is 12.4. The van der Waals surface area contributed by atoms with E-state index in [1.807, 2.05) is 79.1 Å². The average molecular weight is 526 g/mol. The highest BCUT2D eigenvalue weighted by atomic mass is 32.1. The number of hydrogen-bond donors (Lipinski definition) is 1. The lowest BCUT2D eigenvalue weighted by Crippen LogP contribution is -2.54. The third kappa shape index (κ3) is 4.86. The summed E-state index contributed by atoms with van der Waals surface area (Å²) in [7, 11) is 0. The number of aromatic nitrogens is 1. The molecule has 190 valence electrons. The number of carbonyl (C=O) groups is 2. The monoisotopic (exact) mass is 525 g/mol. The molecule has 5 rings (SSSR count). The van der Waals surface area contributed by atoms with E-state index in [1.165, 1.54) is 24.3 Å². The van der Waals surface area contributed by atoms with E-state index in [0.717, 1.165) is 33.3 Å². The van der Waals surface area contributed by atoms with Crippen molar-refractivity contribution < 1.29 is 18.7 Å². The van der Waals surface area contributed by atoms with Crippen LogP contribution in [0.15, 0.2) is 90.5 Å². The molecular weight excluding hydrogens is 501 g/mol. The summed E-state index contributed by atoms with van der Waals surface area (Å²) in [6.45, 7) is 4.32. The van der Waals surface area contributed by atoms with Gasteiger partial charge in [-0.25, -0.2) is 9.29 Å². The summed E-state index contributed by atoms with van der Waals surface area (Å²) in [6.07, 6.45) is 1.52. The standard InChI is InChI=1S/C30H24FN3O3S/c1-19-16-22(17-25-28(35)32-30(38)34(29(25)36)27-11-7-6-10-26(27)31)20(2)33(19)23-12-14-24(15-13-23)37-18-21-8-4-3-5-9-21/h3-17H,18H2,1-2H3,(H,32,35,38)/b25-17+. The van der Waals surface area contributed by atoms with Gasteiger partial charge in [-0.05, 0) is 85.7 Å². The van der Waals surface area contributed by atoms with Crippen molar-refractivity contribution in [3.8, 4) is 11.4 Å². The van der Waals surface area contributed by atoms with Crippen LogP contribution in [-0.2, 0) is 16.2 Å². The molecule has 6 nitrogen and oxygen atoms in total. The van der Waals surface area contributed by atoms with Gasteiger partial charge in [0.2, 0.25) is 0 Å². The Bertz CT molecular complexity index is 1580. The van der Waals surface area contributed by atoms with Gasteiger partial charge in [0.25, 0.3) is 11.8 Å². The molecule has 0 aliphatic carbocycles. The molecule has 8 heteroatoms. The Labute approximate surface area is 225 Å². The maximum absolute atomic E-state index is 14.4. The van der Waals surface area contributed by atoms with E-state index in [9.17, 15) is 14.0 Å². The van der Waals surface area contributed by atoms with Gasteiger partial charge in [-0.15, -0.1) is 0 Å². The first kappa shape index (κ1) is 25.1. The highest BCUT2D eigenvalue weighted by Crippen LogP contribution is 2.28. The Hall–Kier alpha value is -4.56. The van der Waals surface area contributed by atoms with E-state index in [0.29, 0.717) is 12.2 Å². The number of nitrogens with one attached hydrogen (secondary N) is 1. The van der Waals surface area contributed by atoms with Gasteiger partial charge in [-0.1, -0.05) is 42.5 Å². The molecule has 4 aromatic rings. The zero-order valence-electron chi connectivity index (χ0n) is 20.8. The van der Waals surface area contributed by atoms with Crippen molar-refractivity contribution in [1.82, 2.24) is 9.88 Å². The molecule has 3 aromatic carbocycles. The van der Waals surface area contributed by atoms with Crippen molar-refractivity contribution in [2.75, 3.05) is 4.90 Å². The molecule has 38 heavy (non-hydrogen) atoms. The van der Waals surface area contributed by atoms with Crippen molar-refractivity contribution in [2.45, 2.75) is 20.5 Å². The maximum Gasteiger partial charge on any atom is 0.270 e. The van der Waals surface area contributed by atoms with Crippen molar-refractivity contribution in [1.29, 1.82) is 0 Å². The topological polar surface area (TPSA) is 63.6 Å². The molecule has 0 spiro atoms. The fourth-order valence-corrected chi connectivity index (χ4v) is 4.70. The largest absolute Gasteiger partial charge is 0.489 e. The minimum Gasteiger partial charge on any atom is -0.489 e. The highest BCUT2D eigenvalue weighted by molar-refractivity contribution is 7.80. The van der Waals surface area contributed by atoms with Crippen LogP contribution in [0, 0.1) is 19.7 Å². The second-order valence-electron chi connectivity index (χ2n) is 8.84. The minimum absolute atomic E-state index is 0.0200. The minimum atomic E-state index is -0.687. The molecule has 0 atom stereocenters. The van der Waals surface area contributed by atoms with Crippen LogP contribution in [0.25, 0.3) is 11.8 Å². The number of anilines is 1. The van der Waals surface area contributed by atoms with E-state index in [1.54, 1.807) is 6.07 Å². The number of halogens is 1. The van der Waals surface area contributed by atoms with Gasteiger partial charge in [-0.3, -0.25) is 14.9 Å². The van der Waals surface area contributed by atoms with E-state index < -0.39 is 17.6 Å². The van der Waals surface area contributed by atoms with Crippen LogP contribution in [0.1, 0.15) is 22.5 Å². The Morgan fingerprint density at radius 2 is 1.63 bits per heavy atom. The molecule has 1 saturated heterocycles. The molecule has 0 radical (unpaired) electrons. The number of rotatable bonds is 6. The number of carbonyl (C=O) groups excluding carboxylic acids is 2. The van der Waals surface area contributed by atoms with Crippen LogP contribution in [0.4, 0.5) is 10.1 Å². The summed E-state index contributed by atoms with van der Waals surface area (Å²) < 4.78 is 22.4. The highest BCUT2D eigenvalue weighted by Gasteiger charge is 2.35. The summed E-state index contributed by atoms with van der Waals surface area (Å²) in [5.74, 6) is -1.19. The maximum atomic E-state index is 14.4. The third-order valence-corrected chi connectivity index (χ3v) is 6.59. The number of para-hydroxylation sites is 1. The molecule has 0 saturated carbocycles. The second-order valence-corrected chi connectivity index (χ2v) is 9.23. The third-order valence-electron chi connectivity index (χ3n) is 6.31. The quantitative estimate of drug-likeness (QED) is 0.201. The van der Waals surface area contributed by atoms with E-state index in [4.69, 9.17) is 17.0 Å². The molecule has 1 aromatic heterocycles. The lowest BCUT2D eigenvalue weighted by Gasteiger charge is -2.29. The van der Waals surface area contributed by atoms with Crippen molar-refractivity contribution in [2.24, 2.45) is 0 Å². The Morgan fingerprint density at radius 3 is 2.34 bits per heavy atom. The van der Waals surface area contributed by atoms with E-state index in [2.05, 4.69) is 5.32 Å². The first-order chi connectivity index (χ1) is 18.3. The normalized spacial score (nSPS) is 14.7.